The Morgan fingerprint density at radius 2 is 1.75 bits per heavy atom. The van der Waals surface area contributed by atoms with E-state index in [9.17, 15) is 0 Å². The number of hydrogen-bond acceptors (Lipinski definition) is 1. The third-order valence-electron chi connectivity index (χ3n) is 3.95. The zero-order valence-electron chi connectivity index (χ0n) is 13.4. The molecule has 0 N–H and O–H groups in total. The third kappa shape index (κ3) is 6.75. The van der Waals surface area contributed by atoms with Crippen molar-refractivity contribution in [1.82, 2.24) is 0 Å². The highest BCUT2D eigenvalue weighted by Gasteiger charge is 2.18. The molecule has 0 amide bonds. The number of benzene rings is 1. The van der Waals surface area contributed by atoms with Gasteiger partial charge in [0.15, 0.2) is 0 Å². The van der Waals surface area contributed by atoms with Crippen molar-refractivity contribution >= 4 is 0 Å². The highest BCUT2D eigenvalue weighted by molar-refractivity contribution is 5.33. The van der Waals surface area contributed by atoms with Gasteiger partial charge in [0.25, 0.3) is 0 Å². The summed E-state index contributed by atoms with van der Waals surface area (Å²) in [6.07, 6.45) is 10.5. The largest absolute Gasteiger partial charge is 0.192 e. The van der Waals surface area contributed by atoms with Crippen molar-refractivity contribution in [1.29, 1.82) is 5.26 Å². The molecule has 0 bridgehead atoms. The molecular weight excluding hydrogens is 242 g/mol. The summed E-state index contributed by atoms with van der Waals surface area (Å²) in [5.41, 5.74) is 2.40. The summed E-state index contributed by atoms with van der Waals surface area (Å²) in [5, 5.41) is 8.95. The van der Waals surface area contributed by atoms with Crippen LogP contribution < -0.4 is 0 Å². The first-order chi connectivity index (χ1) is 9.57. The summed E-state index contributed by atoms with van der Waals surface area (Å²) in [7, 11) is 0. The molecule has 1 aromatic rings. The fourth-order valence-corrected chi connectivity index (χ4v) is 2.78. The Morgan fingerprint density at radius 3 is 2.45 bits per heavy atom. The fraction of sp³-hybridized carbons (Fsp3) is 0.632. The van der Waals surface area contributed by atoms with Gasteiger partial charge in [-0.1, -0.05) is 71.4 Å². The van der Waals surface area contributed by atoms with Gasteiger partial charge in [-0.2, -0.15) is 5.26 Å². The molecule has 0 heterocycles. The molecule has 0 radical (unpaired) electrons. The maximum atomic E-state index is 8.95. The zero-order chi connectivity index (χ0) is 14.8. The van der Waals surface area contributed by atoms with E-state index in [2.05, 4.69) is 32.9 Å². The average molecular weight is 271 g/mol. The molecule has 110 valence electrons. The predicted octanol–water partition coefficient (Wildman–Crippen LogP) is 5.88. The molecule has 0 atom stereocenters. The minimum atomic E-state index is 0.332. The number of rotatable bonds is 9. The van der Waals surface area contributed by atoms with Crippen molar-refractivity contribution in [2.24, 2.45) is 5.41 Å². The lowest BCUT2D eigenvalue weighted by atomic mass is 9.81. The van der Waals surface area contributed by atoms with Crippen LogP contribution in [0.4, 0.5) is 0 Å². The van der Waals surface area contributed by atoms with Gasteiger partial charge in [-0.15, -0.1) is 0 Å². The Bertz CT molecular complexity index is 426. The van der Waals surface area contributed by atoms with Crippen LogP contribution in [-0.4, -0.2) is 0 Å². The second-order valence-electron chi connectivity index (χ2n) is 6.67. The van der Waals surface area contributed by atoms with Gasteiger partial charge in [-0.05, 0) is 36.0 Å². The zero-order valence-corrected chi connectivity index (χ0v) is 13.4. The molecule has 0 aliphatic carbocycles. The Hall–Kier alpha value is -1.29. The first-order valence-electron chi connectivity index (χ1n) is 8.06. The van der Waals surface area contributed by atoms with Crippen LogP contribution in [0.5, 0.6) is 0 Å². The summed E-state index contributed by atoms with van der Waals surface area (Å²) in [4.78, 5) is 0. The number of unbranched alkanes of at least 4 members (excludes halogenated alkanes) is 5. The molecule has 0 aliphatic heterocycles. The van der Waals surface area contributed by atoms with Gasteiger partial charge in [0.1, 0.15) is 0 Å². The van der Waals surface area contributed by atoms with Gasteiger partial charge in [0, 0.05) is 0 Å². The van der Waals surface area contributed by atoms with E-state index in [4.69, 9.17) is 5.26 Å². The van der Waals surface area contributed by atoms with Crippen LogP contribution >= 0.6 is 0 Å². The minimum absolute atomic E-state index is 0.332. The van der Waals surface area contributed by atoms with Crippen molar-refractivity contribution in [3.05, 3.63) is 35.4 Å². The van der Waals surface area contributed by atoms with Gasteiger partial charge in [-0.3, -0.25) is 0 Å². The lowest BCUT2D eigenvalue weighted by molar-refractivity contribution is 0.316. The topological polar surface area (TPSA) is 23.8 Å². The van der Waals surface area contributed by atoms with Crippen molar-refractivity contribution in [2.45, 2.75) is 72.1 Å². The molecular formula is C19H29N. The van der Waals surface area contributed by atoms with E-state index in [0.717, 1.165) is 12.0 Å². The van der Waals surface area contributed by atoms with Crippen molar-refractivity contribution in [2.75, 3.05) is 0 Å². The number of nitriles is 1. The molecule has 0 aromatic heterocycles. The predicted molar refractivity (Wildman–Crippen MR) is 86.6 cm³/mol. The molecule has 1 nitrogen and oxygen atoms in total. The van der Waals surface area contributed by atoms with Crippen LogP contribution in [0, 0.1) is 16.7 Å². The standard InChI is InChI=1S/C19H29N/c1-4-5-6-7-8-9-13-19(2,3)15-17-11-10-12-18(14-17)16-20/h10-12,14H,4-9,13,15H2,1-3H3. The summed E-state index contributed by atoms with van der Waals surface area (Å²) in [5.74, 6) is 0. The van der Waals surface area contributed by atoms with Gasteiger partial charge >= 0.3 is 0 Å². The first kappa shape index (κ1) is 16.8. The van der Waals surface area contributed by atoms with E-state index in [1.807, 2.05) is 18.2 Å². The summed E-state index contributed by atoms with van der Waals surface area (Å²) >= 11 is 0. The average Bonchev–Trinajstić information content (AvgIpc) is 2.42. The molecule has 0 aliphatic rings. The molecule has 1 rings (SSSR count). The van der Waals surface area contributed by atoms with E-state index in [1.54, 1.807) is 0 Å². The van der Waals surface area contributed by atoms with Crippen LogP contribution in [0.2, 0.25) is 0 Å². The Kier molecular flexibility index (Phi) is 7.37. The Morgan fingerprint density at radius 1 is 1.05 bits per heavy atom. The molecule has 1 heteroatoms. The molecule has 0 saturated carbocycles. The number of nitrogens with zero attached hydrogens (tertiary/aromatic N) is 1. The van der Waals surface area contributed by atoms with Crippen LogP contribution in [0.1, 0.15) is 76.8 Å². The van der Waals surface area contributed by atoms with Gasteiger partial charge < -0.3 is 0 Å². The van der Waals surface area contributed by atoms with Crippen molar-refractivity contribution in [3.8, 4) is 6.07 Å². The Labute approximate surface area is 125 Å². The van der Waals surface area contributed by atoms with E-state index >= 15 is 0 Å². The van der Waals surface area contributed by atoms with Gasteiger partial charge in [0.2, 0.25) is 0 Å². The maximum absolute atomic E-state index is 8.95. The lowest BCUT2D eigenvalue weighted by Crippen LogP contribution is -2.15. The maximum Gasteiger partial charge on any atom is 0.0991 e. The summed E-state index contributed by atoms with van der Waals surface area (Å²) < 4.78 is 0. The van der Waals surface area contributed by atoms with E-state index in [1.165, 1.54) is 50.5 Å². The lowest BCUT2D eigenvalue weighted by Gasteiger charge is -2.25. The van der Waals surface area contributed by atoms with Gasteiger partial charge in [0.05, 0.1) is 11.6 Å². The molecule has 0 unspecified atom stereocenters. The SMILES string of the molecule is CCCCCCCCC(C)(C)Cc1cccc(C#N)c1. The van der Waals surface area contributed by atoms with Crippen LogP contribution in [-0.2, 0) is 6.42 Å². The van der Waals surface area contributed by atoms with Crippen LogP contribution in [0.25, 0.3) is 0 Å². The van der Waals surface area contributed by atoms with Crippen LogP contribution in [0.15, 0.2) is 24.3 Å². The highest BCUT2D eigenvalue weighted by Crippen LogP contribution is 2.29. The van der Waals surface area contributed by atoms with E-state index < -0.39 is 0 Å². The normalized spacial score (nSPS) is 11.3. The first-order valence-corrected chi connectivity index (χ1v) is 8.06. The van der Waals surface area contributed by atoms with Crippen LogP contribution in [0.3, 0.4) is 0 Å². The number of hydrogen-bond donors (Lipinski definition) is 0. The second kappa shape index (κ2) is 8.80. The minimum Gasteiger partial charge on any atom is -0.192 e. The molecule has 20 heavy (non-hydrogen) atoms. The van der Waals surface area contributed by atoms with Crippen molar-refractivity contribution < 1.29 is 0 Å². The summed E-state index contributed by atoms with van der Waals surface area (Å²) in [6.45, 7) is 6.95. The smallest absolute Gasteiger partial charge is 0.0991 e. The molecule has 0 saturated heterocycles. The van der Waals surface area contributed by atoms with Crippen molar-refractivity contribution in [3.63, 3.8) is 0 Å². The summed E-state index contributed by atoms with van der Waals surface area (Å²) in [6, 6.07) is 10.3. The van der Waals surface area contributed by atoms with E-state index in [0.29, 0.717) is 5.41 Å². The fourth-order valence-electron chi connectivity index (χ4n) is 2.78. The molecule has 0 fully saturated rings. The molecule has 0 spiro atoms. The van der Waals surface area contributed by atoms with E-state index in [-0.39, 0.29) is 0 Å². The second-order valence-corrected chi connectivity index (χ2v) is 6.67. The van der Waals surface area contributed by atoms with Gasteiger partial charge in [-0.25, -0.2) is 0 Å². The monoisotopic (exact) mass is 271 g/mol. The molecule has 1 aromatic carbocycles. The quantitative estimate of drug-likeness (QED) is 0.515. The Balaban J connectivity index is 2.35. The highest BCUT2D eigenvalue weighted by atomic mass is 14.3. The third-order valence-corrected chi connectivity index (χ3v) is 3.95.